The molecule has 0 fully saturated rings. The Morgan fingerprint density at radius 3 is 2.76 bits per heavy atom. The van der Waals surface area contributed by atoms with Crippen LogP contribution in [0.5, 0.6) is 5.88 Å². The summed E-state index contributed by atoms with van der Waals surface area (Å²) in [5.41, 5.74) is 2.51. The highest BCUT2D eigenvalue weighted by molar-refractivity contribution is 5.97. The van der Waals surface area contributed by atoms with Gasteiger partial charge in [-0.15, -0.1) is 0 Å². The van der Waals surface area contributed by atoms with E-state index in [1.165, 1.54) is 17.8 Å². The Morgan fingerprint density at radius 2 is 1.94 bits per heavy atom. The number of fused-ring (bicyclic) bond motifs is 1. The van der Waals surface area contributed by atoms with E-state index in [1.807, 2.05) is 29.2 Å². The van der Waals surface area contributed by atoms with Crippen LogP contribution in [0, 0.1) is 5.82 Å². The highest BCUT2D eigenvalue weighted by Crippen LogP contribution is 2.33. The second-order valence-corrected chi connectivity index (χ2v) is 7.29. The number of hydrogen-bond acceptors (Lipinski definition) is 7. The van der Waals surface area contributed by atoms with Crippen molar-refractivity contribution >= 4 is 23.5 Å². The minimum Gasteiger partial charge on any atom is -0.472 e. The molecule has 0 radical (unpaired) electrons. The highest BCUT2D eigenvalue weighted by Gasteiger charge is 2.25. The number of amides is 1. The molecule has 1 aromatic heterocycles. The molecule has 0 atom stereocenters. The van der Waals surface area contributed by atoms with Gasteiger partial charge in [-0.3, -0.25) is 9.59 Å². The van der Waals surface area contributed by atoms with E-state index < -0.39 is 17.7 Å². The lowest BCUT2D eigenvalue weighted by Crippen LogP contribution is -2.31. The Labute approximate surface area is 190 Å². The lowest BCUT2D eigenvalue weighted by atomic mass is 10.2. The third-order valence-corrected chi connectivity index (χ3v) is 5.14. The molecule has 1 N–H and O–H groups in total. The first-order valence-electron chi connectivity index (χ1n) is 10.6. The maximum atomic E-state index is 14.1. The number of aromatic nitrogens is 2. The third kappa shape index (κ3) is 5.08. The van der Waals surface area contributed by atoms with Gasteiger partial charge in [0.15, 0.2) is 0 Å². The van der Waals surface area contributed by atoms with Crippen LogP contribution < -0.4 is 15.0 Å². The van der Waals surface area contributed by atoms with Gasteiger partial charge in [-0.1, -0.05) is 36.4 Å². The van der Waals surface area contributed by atoms with Crippen molar-refractivity contribution in [1.29, 1.82) is 0 Å². The van der Waals surface area contributed by atoms with Crippen molar-refractivity contribution in [2.75, 3.05) is 24.6 Å². The summed E-state index contributed by atoms with van der Waals surface area (Å²) in [5, 5.41) is 2.48. The van der Waals surface area contributed by atoms with Crippen LogP contribution in [-0.4, -0.2) is 41.5 Å². The summed E-state index contributed by atoms with van der Waals surface area (Å²) in [6, 6.07) is 14.1. The molecule has 0 bridgehead atoms. The summed E-state index contributed by atoms with van der Waals surface area (Å²) in [4.78, 5) is 35.1. The van der Waals surface area contributed by atoms with Gasteiger partial charge in [0.25, 0.3) is 5.91 Å². The van der Waals surface area contributed by atoms with Gasteiger partial charge in [-0.05, 0) is 31.0 Å². The predicted molar refractivity (Wildman–Crippen MR) is 119 cm³/mol. The zero-order valence-electron chi connectivity index (χ0n) is 18.1. The van der Waals surface area contributed by atoms with Crippen LogP contribution in [0.1, 0.15) is 28.4 Å². The summed E-state index contributed by atoms with van der Waals surface area (Å²) >= 11 is 0. The fourth-order valence-electron chi connectivity index (χ4n) is 3.52. The van der Waals surface area contributed by atoms with Crippen molar-refractivity contribution in [3.8, 4) is 5.88 Å². The Hall–Kier alpha value is -4.01. The minimum atomic E-state index is -0.597. The Balaban J connectivity index is 1.60. The number of halogens is 1. The summed E-state index contributed by atoms with van der Waals surface area (Å²) in [6.45, 7) is 2.14. The average molecular weight is 450 g/mol. The number of nitrogens with zero attached hydrogens (tertiary/aromatic N) is 3. The average Bonchev–Trinajstić information content (AvgIpc) is 3.26. The molecule has 170 valence electrons. The molecule has 2 aromatic carbocycles. The zero-order chi connectivity index (χ0) is 23.2. The van der Waals surface area contributed by atoms with Crippen molar-refractivity contribution in [3.63, 3.8) is 0 Å². The first kappa shape index (κ1) is 22.2. The number of para-hydroxylation sites is 1. The van der Waals surface area contributed by atoms with Crippen LogP contribution in [-0.2, 0) is 22.6 Å². The zero-order valence-corrected chi connectivity index (χ0v) is 18.1. The number of carbonyl (C=O) groups excluding carboxylic acids is 2. The van der Waals surface area contributed by atoms with E-state index in [9.17, 15) is 14.0 Å². The Bertz CT molecular complexity index is 1170. The fourth-order valence-corrected chi connectivity index (χ4v) is 3.52. The SMILES string of the molecule is CCOC(=O)CNC(=O)c1cnc(N2CCc3ccccc32)nc1OCc1ccccc1F. The number of ether oxygens (including phenoxy) is 2. The molecule has 4 rings (SSSR count). The molecule has 0 aliphatic carbocycles. The van der Waals surface area contributed by atoms with Gasteiger partial charge in [0, 0.05) is 24.0 Å². The largest absolute Gasteiger partial charge is 0.472 e. The topological polar surface area (TPSA) is 93.6 Å². The van der Waals surface area contributed by atoms with Crippen molar-refractivity contribution in [1.82, 2.24) is 15.3 Å². The third-order valence-electron chi connectivity index (χ3n) is 5.14. The smallest absolute Gasteiger partial charge is 0.325 e. The first-order valence-corrected chi connectivity index (χ1v) is 10.6. The van der Waals surface area contributed by atoms with Crippen LogP contribution >= 0.6 is 0 Å². The molecule has 0 saturated carbocycles. The van der Waals surface area contributed by atoms with Crippen LogP contribution in [0.25, 0.3) is 0 Å². The molecule has 1 amide bonds. The molecule has 1 aliphatic heterocycles. The second-order valence-electron chi connectivity index (χ2n) is 7.29. The number of anilines is 2. The molecule has 0 saturated heterocycles. The molecule has 8 nitrogen and oxygen atoms in total. The van der Waals surface area contributed by atoms with Crippen LogP contribution in [0.3, 0.4) is 0 Å². The van der Waals surface area contributed by atoms with E-state index in [-0.39, 0.29) is 31.2 Å². The number of hydrogen-bond donors (Lipinski definition) is 1. The van der Waals surface area contributed by atoms with Crippen LogP contribution in [0.2, 0.25) is 0 Å². The van der Waals surface area contributed by atoms with E-state index in [1.54, 1.807) is 25.1 Å². The lowest BCUT2D eigenvalue weighted by molar-refractivity contribution is -0.141. The fraction of sp³-hybridized carbons (Fsp3) is 0.250. The number of carbonyl (C=O) groups is 2. The second kappa shape index (κ2) is 10.1. The molecule has 3 aromatic rings. The molecule has 9 heteroatoms. The standard InChI is InChI=1S/C24H23FN4O4/c1-2-32-21(30)14-26-22(31)18-13-27-24(29-12-11-16-7-4-6-10-20(16)29)28-23(18)33-15-17-8-3-5-9-19(17)25/h3-10,13H,2,11-12,14-15H2,1H3,(H,26,31). The maximum Gasteiger partial charge on any atom is 0.325 e. The first-order chi connectivity index (χ1) is 16.1. The van der Waals surface area contributed by atoms with Crippen LogP contribution in [0.15, 0.2) is 54.7 Å². The molecule has 33 heavy (non-hydrogen) atoms. The van der Waals surface area contributed by atoms with Crippen molar-refractivity contribution < 1.29 is 23.5 Å². The van der Waals surface area contributed by atoms with Gasteiger partial charge >= 0.3 is 5.97 Å². The van der Waals surface area contributed by atoms with Gasteiger partial charge in [-0.25, -0.2) is 9.37 Å². The van der Waals surface area contributed by atoms with E-state index >= 15 is 0 Å². The van der Waals surface area contributed by atoms with Crippen molar-refractivity contribution in [3.05, 3.63) is 77.2 Å². The van der Waals surface area contributed by atoms with Gasteiger partial charge < -0.3 is 19.7 Å². The van der Waals surface area contributed by atoms with E-state index in [2.05, 4.69) is 15.3 Å². The number of nitrogens with one attached hydrogen (secondary N) is 1. The van der Waals surface area contributed by atoms with E-state index in [4.69, 9.17) is 9.47 Å². The van der Waals surface area contributed by atoms with Crippen molar-refractivity contribution in [2.45, 2.75) is 20.0 Å². The van der Waals surface area contributed by atoms with Gasteiger partial charge in [-0.2, -0.15) is 4.98 Å². The lowest BCUT2D eigenvalue weighted by Gasteiger charge is -2.19. The molecule has 2 heterocycles. The van der Waals surface area contributed by atoms with E-state index in [0.717, 1.165) is 12.1 Å². The molecule has 0 spiro atoms. The maximum absolute atomic E-state index is 14.1. The molecular formula is C24H23FN4O4. The Morgan fingerprint density at radius 1 is 1.15 bits per heavy atom. The number of esters is 1. The van der Waals surface area contributed by atoms with Crippen LogP contribution in [0.4, 0.5) is 16.0 Å². The number of rotatable bonds is 8. The summed E-state index contributed by atoms with van der Waals surface area (Å²) < 4.78 is 24.7. The Kier molecular flexibility index (Phi) is 6.77. The quantitative estimate of drug-likeness (QED) is 0.527. The minimum absolute atomic E-state index is 0.00556. The van der Waals surface area contributed by atoms with Gasteiger partial charge in [0.05, 0.1) is 6.61 Å². The van der Waals surface area contributed by atoms with Gasteiger partial charge in [0.1, 0.15) is 24.5 Å². The normalized spacial score (nSPS) is 12.2. The summed E-state index contributed by atoms with van der Waals surface area (Å²) in [7, 11) is 0. The van der Waals surface area contributed by atoms with E-state index in [0.29, 0.717) is 18.1 Å². The predicted octanol–water partition coefficient (Wildman–Crippen LogP) is 3.18. The van der Waals surface area contributed by atoms with Gasteiger partial charge in [0.2, 0.25) is 11.8 Å². The summed E-state index contributed by atoms with van der Waals surface area (Å²) in [6.07, 6.45) is 2.19. The number of benzene rings is 2. The highest BCUT2D eigenvalue weighted by atomic mass is 19.1. The summed E-state index contributed by atoms with van der Waals surface area (Å²) in [5.74, 6) is -1.22. The monoisotopic (exact) mass is 450 g/mol. The molecule has 0 unspecified atom stereocenters. The molecular weight excluding hydrogens is 427 g/mol. The van der Waals surface area contributed by atoms with Crippen molar-refractivity contribution in [2.24, 2.45) is 0 Å². The molecule has 1 aliphatic rings.